The van der Waals surface area contributed by atoms with Gasteiger partial charge in [-0.05, 0) is 36.5 Å². The predicted molar refractivity (Wildman–Crippen MR) is 79.0 cm³/mol. The number of hydrogen-bond acceptors (Lipinski definition) is 3. The summed E-state index contributed by atoms with van der Waals surface area (Å²) in [6, 6.07) is 4.30. The Hall–Kier alpha value is -1.40. The fourth-order valence-corrected chi connectivity index (χ4v) is 2.10. The molecule has 0 aliphatic rings. The molecule has 1 rings (SSSR count). The number of nitrogens with two attached hydrogens (primary N) is 1. The highest BCUT2D eigenvalue weighted by Crippen LogP contribution is 2.19. The lowest BCUT2D eigenvalue weighted by Gasteiger charge is -2.23. The van der Waals surface area contributed by atoms with Crippen molar-refractivity contribution in [3.63, 3.8) is 0 Å². The van der Waals surface area contributed by atoms with Crippen molar-refractivity contribution in [1.82, 2.24) is 5.32 Å². The Balaban J connectivity index is 2.99. The molecule has 3 N–H and O–H groups in total. The van der Waals surface area contributed by atoms with Crippen LogP contribution in [0.5, 0.6) is 0 Å². The Morgan fingerprint density at radius 3 is 2.45 bits per heavy atom. The molecule has 0 fully saturated rings. The molecule has 0 bridgehead atoms. The van der Waals surface area contributed by atoms with Crippen LogP contribution in [-0.2, 0) is 10.0 Å². The van der Waals surface area contributed by atoms with Crippen molar-refractivity contribution in [2.45, 2.75) is 39.0 Å². The Morgan fingerprint density at radius 1 is 1.35 bits per heavy atom. The third-order valence-corrected chi connectivity index (χ3v) is 4.38. The topological polar surface area (TPSA) is 89.3 Å². The summed E-state index contributed by atoms with van der Waals surface area (Å²) in [4.78, 5) is 12.1. The maximum atomic E-state index is 12.2. The van der Waals surface area contributed by atoms with Crippen LogP contribution in [0, 0.1) is 12.3 Å². The Labute approximate surface area is 120 Å². The first-order valence-electron chi connectivity index (χ1n) is 6.48. The molecule has 0 heterocycles. The number of rotatable bonds is 5. The first-order valence-corrected chi connectivity index (χ1v) is 8.03. The first-order chi connectivity index (χ1) is 9.07. The van der Waals surface area contributed by atoms with Crippen molar-refractivity contribution in [3.8, 4) is 0 Å². The van der Waals surface area contributed by atoms with Gasteiger partial charge in [-0.1, -0.05) is 26.8 Å². The summed E-state index contributed by atoms with van der Waals surface area (Å²) in [5, 5.41) is 7.92. The number of benzene rings is 1. The number of primary sulfonamides is 1. The van der Waals surface area contributed by atoms with Crippen LogP contribution in [0.25, 0.3) is 0 Å². The van der Waals surface area contributed by atoms with Gasteiger partial charge < -0.3 is 5.32 Å². The van der Waals surface area contributed by atoms with E-state index in [4.69, 9.17) is 5.14 Å². The van der Waals surface area contributed by atoms with Crippen molar-refractivity contribution in [1.29, 1.82) is 0 Å². The Kier molecular flexibility index (Phi) is 4.94. The lowest BCUT2D eigenvalue weighted by molar-refractivity contribution is 0.0935. The van der Waals surface area contributed by atoms with Crippen molar-refractivity contribution in [3.05, 3.63) is 29.3 Å². The van der Waals surface area contributed by atoms with E-state index in [2.05, 4.69) is 26.1 Å². The standard InChI is InChI=1S/C14H22N2O3S/c1-5-14(3,4)9-16-13(17)12-8-11(20(15,18)19)7-6-10(12)2/h6-8H,5,9H2,1-4H3,(H,16,17)(H2,15,18,19). The van der Waals surface area contributed by atoms with E-state index in [1.807, 2.05) is 0 Å². The zero-order chi connectivity index (χ0) is 15.6. The summed E-state index contributed by atoms with van der Waals surface area (Å²) in [5.41, 5.74) is 1.05. The summed E-state index contributed by atoms with van der Waals surface area (Å²) in [5.74, 6) is -0.283. The second-order valence-corrected chi connectivity index (χ2v) is 7.28. The molecule has 0 spiro atoms. The largest absolute Gasteiger partial charge is 0.351 e. The van der Waals surface area contributed by atoms with Gasteiger partial charge in [0.2, 0.25) is 10.0 Å². The van der Waals surface area contributed by atoms with Gasteiger partial charge in [0.15, 0.2) is 0 Å². The summed E-state index contributed by atoms with van der Waals surface area (Å²) in [7, 11) is -3.80. The molecule has 6 heteroatoms. The Bertz CT molecular complexity index is 607. The first kappa shape index (κ1) is 16.7. The van der Waals surface area contributed by atoms with E-state index < -0.39 is 10.0 Å². The van der Waals surface area contributed by atoms with Crippen molar-refractivity contribution in [2.75, 3.05) is 6.54 Å². The van der Waals surface area contributed by atoms with E-state index in [-0.39, 0.29) is 16.2 Å². The molecule has 0 saturated heterocycles. The fourth-order valence-electron chi connectivity index (χ4n) is 1.56. The fraction of sp³-hybridized carbons (Fsp3) is 0.500. The van der Waals surface area contributed by atoms with Crippen LogP contribution < -0.4 is 10.5 Å². The summed E-state index contributed by atoms with van der Waals surface area (Å²) in [6.45, 7) is 8.45. The molecule has 0 aliphatic heterocycles. The number of nitrogens with one attached hydrogen (secondary N) is 1. The SMILES string of the molecule is CCC(C)(C)CNC(=O)c1cc(S(N)(=O)=O)ccc1C. The van der Waals surface area contributed by atoms with Crippen LogP contribution in [0.1, 0.15) is 43.1 Å². The number of carbonyl (C=O) groups excluding carboxylic acids is 1. The molecule has 20 heavy (non-hydrogen) atoms. The second-order valence-electron chi connectivity index (χ2n) is 5.72. The molecule has 5 nitrogen and oxygen atoms in total. The zero-order valence-corrected chi connectivity index (χ0v) is 13.2. The Morgan fingerprint density at radius 2 is 1.95 bits per heavy atom. The number of hydrogen-bond donors (Lipinski definition) is 2. The van der Waals surface area contributed by atoms with Gasteiger partial charge in [0.05, 0.1) is 4.90 Å². The van der Waals surface area contributed by atoms with Crippen LogP contribution in [0.4, 0.5) is 0 Å². The van der Waals surface area contributed by atoms with Crippen LogP contribution in [0.15, 0.2) is 23.1 Å². The number of aryl methyl sites for hydroxylation is 1. The average Bonchev–Trinajstić information content (AvgIpc) is 2.35. The molecule has 112 valence electrons. The van der Waals surface area contributed by atoms with E-state index in [1.54, 1.807) is 13.0 Å². The van der Waals surface area contributed by atoms with Gasteiger partial charge in [0.1, 0.15) is 0 Å². The predicted octanol–water partition coefficient (Wildman–Crippen LogP) is 1.81. The third-order valence-electron chi connectivity index (χ3n) is 3.47. The smallest absolute Gasteiger partial charge is 0.251 e. The lowest BCUT2D eigenvalue weighted by atomic mass is 9.90. The molecule has 0 aliphatic carbocycles. The minimum absolute atomic E-state index is 0.00111. The van der Waals surface area contributed by atoms with Gasteiger partial charge in [0, 0.05) is 12.1 Å². The second kappa shape index (κ2) is 5.93. The van der Waals surface area contributed by atoms with Crippen LogP contribution in [0.2, 0.25) is 0 Å². The number of amides is 1. The summed E-state index contributed by atoms with van der Waals surface area (Å²) < 4.78 is 22.7. The van der Waals surface area contributed by atoms with Crippen LogP contribution in [-0.4, -0.2) is 20.9 Å². The maximum Gasteiger partial charge on any atom is 0.251 e. The minimum atomic E-state index is -3.80. The molecule has 0 saturated carbocycles. The maximum absolute atomic E-state index is 12.2. The van der Waals surface area contributed by atoms with E-state index in [0.29, 0.717) is 17.7 Å². The molecular weight excluding hydrogens is 276 g/mol. The number of carbonyl (C=O) groups is 1. The van der Waals surface area contributed by atoms with E-state index in [1.165, 1.54) is 12.1 Å². The van der Waals surface area contributed by atoms with Gasteiger partial charge >= 0.3 is 0 Å². The summed E-state index contributed by atoms with van der Waals surface area (Å²) in [6.07, 6.45) is 0.934. The molecule has 0 radical (unpaired) electrons. The molecule has 0 aromatic heterocycles. The minimum Gasteiger partial charge on any atom is -0.351 e. The van der Waals surface area contributed by atoms with Crippen molar-refractivity contribution < 1.29 is 13.2 Å². The molecule has 1 amide bonds. The molecule has 0 atom stereocenters. The summed E-state index contributed by atoms with van der Waals surface area (Å²) >= 11 is 0. The van der Waals surface area contributed by atoms with E-state index >= 15 is 0 Å². The molecule has 0 unspecified atom stereocenters. The van der Waals surface area contributed by atoms with Crippen molar-refractivity contribution in [2.24, 2.45) is 10.6 Å². The van der Waals surface area contributed by atoms with E-state index in [9.17, 15) is 13.2 Å². The van der Waals surface area contributed by atoms with Gasteiger partial charge in [-0.2, -0.15) is 0 Å². The molecule has 1 aromatic carbocycles. The third kappa shape index (κ3) is 4.31. The van der Waals surface area contributed by atoms with Gasteiger partial charge in [-0.25, -0.2) is 13.6 Å². The highest BCUT2D eigenvalue weighted by atomic mass is 32.2. The van der Waals surface area contributed by atoms with Crippen LogP contribution in [0.3, 0.4) is 0 Å². The highest BCUT2D eigenvalue weighted by molar-refractivity contribution is 7.89. The van der Waals surface area contributed by atoms with Crippen LogP contribution >= 0.6 is 0 Å². The monoisotopic (exact) mass is 298 g/mol. The molecular formula is C14H22N2O3S. The van der Waals surface area contributed by atoms with Gasteiger partial charge in [-0.15, -0.1) is 0 Å². The van der Waals surface area contributed by atoms with Gasteiger partial charge in [-0.3, -0.25) is 4.79 Å². The number of sulfonamides is 1. The van der Waals surface area contributed by atoms with Crippen molar-refractivity contribution >= 4 is 15.9 Å². The van der Waals surface area contributed by atoms with Gasteiger partial charge in [0.25, 0.3) is 5.91 Å². The quantitative estimate of drug-likeness (QED) is 0.868. The lowest BCUT2D eigenvalue weighted by Crippen LogP contribution is -2.34. The zero-order valence-electron chi connectivity index (χ0n) is 12.4. The normalized spacial score (nSPS) is 12.2. The highest BCUT2D eigenvalue weighted by Gasteiger charge is 2.19. The molecule has 1 aromatic rings. The average molecular weight is 298 g/mol. The van der Waals surface area contributed by atoms with E-state index in [0.717, 1.165) is 6.42 Å².